The van der Waals surface area contributed by atoms with Crippen LogP contribution in [0, 0.1) is 0 Å². The molecule has 286 valence electrons. The summed E-state index contributed by atoms with van der Waals surface area (Å²) < 4.78 is 0. The third kappa shape index (κ3) is 6.73. The third-order valence-electron chi connectivity index (χ3n) is 12.1. The number of hydrogen-bond donors (Lipinski definition) is 0. The second kappa shape index (κ2) is 15.6. The first-order chi connectivity index (χ1) is 30.3. The Bertz CT molecular complexity index is 3340. The Morgan fingerprint density at radius 2 is 0.590 bits per heavy atom. The average molecular weight is 776 g/mol. The Kier molecular flexibility index (Phi) is 9.26. The molecule has 11 rings (SSSR count). The van der Waals surface area contributed by atoms with Crippen LogP contribution in [0.3, 0.4) is 0 Å². The van der Waals surface area contributed by atoms with Crippen molar-refractivity contribution in [2.24, 2.45) is 0 Å². The smallest absolute Gasteiger partial charge is 0.0468 e. The Labute approximate surface area is 357 Å². The molecule has 0 atom stereocenters. The second-order valence-electron chi connectivity index (χ2n) is 15.7. The van der Waals surface area contributed by atoms with Crippen molar-refractivity contribution in [2.75, 3.05) is 4.90 Å². The minimum atomic E-state index is 1.10. The van der Waals surface area contributed by atoms with E-state index < -0.39 is 0 Å². The van der Waals surface area contributed by atoms with Gasteiger partial charge in [-0.3, -0.25) is 0 Å². The van der Waals surface area contributed by atoms with Crippen molar-refractivity contribution >= 4 is 49.4 Å². The van der Waals surface area contributed by atoms with Crippen molar-refractivity contribution in [2.45, 2.75) is 0 Å². The van der Waals surface area contributed by atoms with Crippen molar-refractivity contribution in [3.05, 3.63) is 249 Å². The quantitative estimate of drug-likeness (QED) is 0.139. The predicted octanol–water partition coefficient (Wildman–Crippen LogP) is 17.0. The predicted molar refractivity (Wildman–Crippen MR) is 261 cm³/mol. The summed E-state index contributed by atoms with van der Waals surface area (Å²) in [6.07, 6.45) is 0. The molecule has 0 bridgehead atoms. The van der Waals surface area contributed by atoms with Gasteiger partial charge < -0.3 is 4.90 Å². The molecule has 0 aliphatic heterocycles. The second-order valence-corrected chi connectivity index (χ2v) is 15.7. The lowest BCUT2D eigenvalue weighted by atomic mass is 9.87. The Morgan fingerprint density at radius 1 is 0.197 bits per heavy atom. The van der Waals surface area contributed by atoms with Gasteiger partial charge in [-0.15, -0.1) is 0 Å². The van der Waals surface area contributed by atoms with E-state index >= 15 is 0 Å². The maximum atomic E-state index is 2.38. The van der Waals surface area contributed by atoms with E-state index in [0.717, 1.165) is 17.1 Å². The van der Waals surface area contributed by atoms with Gasteiger partial charge in [-0.2, -0.15) is 0 Å². The molecule has 11 aromatic rings. The van der Waals surface area contributed by atoms with Crippen LogP contribution < -0.4 is 4.90 Å². The minimum absolute atomic E-state index is 1.10. The highest BCUT2D eigenvalue weighted by Gasteiger charge is 2.18. The van der Waals surface area contributed by atoms with Gasteiger partial charge in [0.15, 0.2) is 0 Å². The molecule has 0 spiro atoms. The van der Waals surface area contributed by atoms with Crippen LogP contribution in [0.2, 0.25) is 0 Å². The summed E-state index contributed by atoms with van der Waals surface area (Å²) in [5.41, 5.74) is 15.4. The zero-order chi connectivity index (χ0) is 40.5. The molecule has 11 aromatic carbocycles. The molecule has 0 amide bonds. The molecule has 0 fully saturated rings. The minimum Gasteiger partial charge on any atom is -0.310 e. The van der Waals surface area contributed by atoms with Crippen molar-refractivity contribution in [3.8, 4) is 55.6 Å². The first kappa shape index (κ1) is 36.1. The van der Waals surface area contributed by atoms with E-state index in [0.29, 0.717) is 0 Å². The number of fused-ring (bicyclic) bond motifs is 4. The molecule has 0 unspecified atom stereocenters. The van der Waals surface area contributed by atoms with Gasteiger partial charge in [-0.05, 0) is 130 Å². The molecule has 0 aromatic heterocycles. The molecule has 0 saturated heterocycles. The largest absolute Gasteiger partial charge is 0.310 e. The first-order valence-electron chi connectivity index (χ1n) is 21.0. The van der Waals surface area contributed by atoms with Crippen molar-refractivity contribution in [3.63, 3.8) is 0 Å². The van der Waals surface area contributed by atoms with E-state index in [1.165, 1.54) is 88.0 Å². The Hall–Kier alpha value is -8.00. The summed E-state index contributed by atoms with van der Waals surface area (Å²) >= 11 is 0. The standard InChI is InChI=1S/C60H41N/c1-2-17-43(18-3-1)51-21-8-10-24-54(51)57-27-13-14-28-58(57)55-25-11-9-22-52(55)44-31-35-48(36-32-44)61(50-39-30-42-16-4-5-19-46(42)40-50)49-37-33-45(34-38-49)60-41-47-20-6-7-23-53(47)56-26-12-15-29-59(56)60/h1-41H. The average Bonchev–Trinajstić information content (AvgIpc) is 3.34. The SMILES string of the molecule is c1ccc(-c2ccccc2-c2ccccc2-c2ccccc2-c2ccc(N(c3ccc(-c4cc5ccccc5c5ccccc45)cc3)c3ccc4ccccc4c3)cc2)cc1. The van der Waals surface area contributed by atoms with Crippen LogP contribution in [-0.2, 0) is 0 Å². The van der Waals surface area contributed by atoms with Gasteiger partial charge >= 0.3 is 0 Å². The zero-order valence-electron chi connectivity index (χ0n) is 33.6. The van der Waals surface area contributed by atoms with Crippen LogP contribution in [0.4, 0.5) is 17.1 Å². The highest BCUT2D eigenvalue weighted by atomic mass is 15.1. The van der Waals surface area contributed by atoms with E-state index in [1.54, 1.807) is 0 Å². The van der Waals surface area contributed by atoms with Crippen LogP contribution in [0.1, 0.15) is 0 Å². The van der Waals surface area contributed by atoms with E-state index in [9.17, 15) is 0 Å². The van der Waals surface area contributed by atoms with Crippen LogP contribution >= 0.6 is 0 Å². The normalized spacial score (nSPS) is 11.3. The molecule has 0 radical (unpaired) electrons. The van der Waals surface area contributed by atoms with Crippen molar-refractivity contribution < 1.29 is 0 Å². The summed E-state index contributed by atoms with van der Waals surface area (Å²) in [7, 11) is 0. The molecule has 0 heterocycles. The third-order valence-corrected chi connectivity index (χ3v) is 12.1. The zero-order valence-corrected chi connectivity index (χ0v) is 33.6. The lowest BCUT2D eigenvalue weighted by Gasteiger charge is -2.26. The highest BCUT2D eigenvalue weighted by molar-refractivity contribution is 6.13. The van der Waals surface area contributed by atoms with Gasteiger partial charge in [-0.25, -0.2) is 0 Å². The molecule has 0 N–H and O–H groups in total. The van der Waals surface area contributed by atoms with Gasteiger partial charge in [0.05, 0.1) is 0 Å². The molecular weight excluding hydrogens is 735 g/mol. The van der Waals surface area contributed by atoms with E-state index in [4.69, 9.17) is 0 Å². The molecular formula is C60H41N. The van der Waals surface area contributed by atoms with E-state index in [-0.39, 0.29) is 0 Å². The summed E-state index contributed by atoms with van der Waals surface area (Å²) in [6, 6.07) is 90.4. The van der Waals surface area contributed by atoms with Gasteiger partial charge in [0, 0.05) is 17.1 Å². The van der Waals surface area contributed by atoms with Crippen LogP contribution in [0.15, 0.2) is 249 Å². The Morgan fingerprint density at radius 3 is 1.18 bits per heavy atom. The summed E-state index contributed by atoms with van der Waals surface area (Å²) in [5.74, 6) is 0. The van der Waals surface area contributed by atoms with Gasteiger partial charge in [0.25, 0.3) is 0 Å². The van der Waals surface area contributed by atoms with E-state index in [2.05, 4.69) is 254 Å². The molecule has 0 aliphatic carbocycles. The number of nitrogens with zero attached hydrogens (tertiary/aromatic N) is 1. The lowest BCUT2D eigenvalue weighted by molar-refractivity contribution is 1.29. The summed E-state index contributed by atoms with van der Waals surface area (Å²) in [4.78, 5) is 2.38. The Balaban J connectivity index is 0.996. The number of benzene rings is 11. The lowest BCUT2D eigenvalue weighted by Crippen LogP contribution is -2.09. The maximum absolute atomic E-state index is 2.38. The first-order valence-corrected chi connectivity index (χ1v) is 21.0. The molecule has 61 heavy (non-hydrogen) atoms. The monoisotopic (exact) mass is 775 g/mol. The van der Waals surface area contributed by atoms with Gasteiger partial charge in [0.2, 0.25) is 0 Å². The van der Waals surface area contributed by atoms with Crippen LogP contribution in [0.25, 0.3) is 88.0 Å². The summed E-state index contributed by atoms with van der Waals surface area (Å²) in [6.45, 7) is 0. The number of anilines is 3. The maximum Gasteiger partial charge on any atom is 0.0468 e. The van der Waals surface area contributed by atoms with E-state index in [1.807, 2.05) is 0 Å². The van der Waals surface area contributed by atoms with Crippen molar-refractivity contribution in [1.82, 2.24) is 0 Å². The number of hydrogen-bond acceptors (Lipinski definition) is 1. The van der Waals surface area contributed by atoms with Crippen LogP contribution in [-0.4, -0.2) is 0 Å². The fraction of sp³-hybridized carbons (Fsp3) is 0. The van der Waals surface area contributed by atoms with Gasteiger partial charge in [0.1, 0.15) is 0 Å². The fourth-order valence-corrected chi connectivity index (χ4v) is 9.15. The molecule has 0 aliphatic rings. The summed E-state index contributed by atoms with van der Waals surface area (Å²) in [5, 5.41) is 7.51. The number of rotatable bonds is 8. The highest BCUT2D eigenvalue weighted by Crippen LogP contribution is 2.43. The molecule has 1 nitrogen and oxygen atoms in total. The van der Waals surface area contributed by atoms with Gasteiger partial charge in [-0.1, -0.05) is 206 Å². The fourth-order valence-electron chi connectivity index (χ4n) is 9.15. The van der Waals surface area contributed by atoms with Crippen LogP contribution in [0.5, 0.6) is 0 Å². The topological polar surface area (TPSA) is 3.24 Å². The molecule has 1 heteroatoms. The molecule has 0 saturated carbocycles. The van der Waals surface area contributed by atoms with Crippen molar-refractivity contribution in [1.29, 1.82) is 0 Å².